The molecule has 0 aromatic carbocycles. The zero-order valence-electron chi connectivity index (χ0n) is 12.8. The van der Waals surface area contributed by atoms with E-state index in [2.05, 4.69) is 25.4 Å². The van der Waals surface area contributed by atoms with Crippen LogP contribution in [0, 0.1) is 12.8 Å². The highest BCUT2D eigenvalue weighted by atomic mass is 16.5. The highest BCUT2D eigenvalue weighted by molar-refractivity contribution is 5.87. The molecule has 3 aromatic rings. The van der Waals surface area contributed by atoms with Crippen molar-refractivity contribution in [2.75, 3.05) is 11.9 Å². The highest BCUT2D eigenvalue weighted by Gasteiger charge is 2.22. The molecule has 0 saturated heterocycles. The first kappa shape index (κ1) is 13.9. The zero-order chi connectivity index (χ0) is 15.6. The Hall–Kier alpha value is -2.70. The molecule has 7 nitrogen and oxygen atoms in total. The smallest absolute Gasteiger partial charge is 0.263 e. The molecule has 23 heavy (non-hydrogen) atoms. The molecule has 0 bridgehead atoms. The number of ether oxygens (including phenoxy) is 1. The quantitative estimate of drug-likeness (QED) is 0.749. The van der Waals surface area contributed by atoms with Gasteiger partial charge in [0.1, 0.15) is 17.5 Å². The van der Waals surface area contributed by atoms with Gasteiger partial charge in [-0.05, 0) is 37.3 Å². The van der Waals surface area contributed by atoms with Crippen LogP contribution in [0.4, 0.5) is 5.82 Å². The van der Waals surface area contributed by atoms with Crippen molar-refractivity contribution >= 4 is 16.9 Å². The number of aryl methyl sites for hydroxylation is 1. The van der Waals surface area contributed by atoms with Crippen LogP contribution in [-0.4, -0.2) is 26.7 Å². The van der Waals surface area contributed by atoms with E-state index in [4.69, 9.17) is 9.26 Å². The fourth-order valence-corrected chi connectivity index (χ4v) is 2.37. The van der Waals surface area contributed by atoms with E-state index in [0.717, 1.165) is 23.3 Å². The van der Waals surface area contributed by atoms with Gasteiger partial charge in [-0.3, -0.25) is 0 Å². The number of aromatic nitrogens is 4. The van der Waals surface area contributed by atoms with E-state index < -0.39 is 0 Å². The molecule has 1 N–H and O–H groups in total. The summed E-state index contributed by atoms with van der Waals surface area (Å²) < 4.78 is 10.9. The van der Waals surface area contributed by atoms with Gasteiger partial charge in [0, 0.05) is 18.8 Å². The predicted molar refractivity (Wildman–Crippen MR) is 84.1 cm³/mol. The summed E-state index contributed by atoms with van der Waals surface area (Å²) in [5.41, 5.74) is 2.33. The maximum Gasteiger partial charge on any atom is 0.263 e. The van der Waals surface area contributed by atoms with Gasteiger partial charge in [-0.1, -0.05) is 5.16 Å². The highest BCUT2D eigenvalue weighted by Crippen LogP contribution is 2.29. The molecule has 3 aromatic heterocycles. The third-order valence-corrected chi connectivity index (χ3v) is 3.87. The van der Waals surface area contributed by atoms with Crippen LogP contribution in [-0.2, 0) is 6.54 Å². The van der Waals surface area contributed by atoms with Crippen LogP contribution < -0.4 is 10.1 Å². The van der Waals surface area contributed by atoms with E-state index in [-0.39, 0.29) is 0 Å². The summed E-state index contributed by atoms with van der Waals surface area (Å²) >= 11 is 0. The molecule has 0 atom stereocenters. The van der Waals surface area contributed by atoms with Crippen molar-refractivity contribution in [2.45, 2.75) is 26.3 Å². The maximum absolute atomic E-state index is 5.71. The van der Waals surface area contributed by atoms with Gasteiger partial charge in [0.15, 0.2) is 0 Å². The average molecular weight is 311 g/mol. The summed E-state index contributed by atoms with van der Waals surface area (Å²) in [5.74, 6) is 2.10. The minimum Gasteiger partial charge on any atom is -0.477 e. The lowest BCUT2D eigenvalue weighted by atomic mass is 10.2. The van der Waals surface area contributed by atoms with Crippen molar-refractivity contribution in [1.82, 2.24) is 20.1 Å². The lowest BCUT2D eigenvalue weighted by Crippen LogP contribution is -2.04. The molecule has 0 radical (unpaired) electrons. The molecule has 1 fully saturated rings. The fraction of sp³-hybridized carbons (Fsp3) is 0.375. The Labute approximate surface area is 133 Å². The van der Waals surface area contributed by atoms with Crippen LogP contribution in [0.25, 0.3) is 11.1 Å². The van der Waals surface area contributed by atoms with Crippen molar-refractivity contribution in [1.29, 1.82) is 0 Å². The number of pyridine rings is 1. The molecule has 1 aliphatic carbocycles. The number of rotatable bonds is 6. The largest absolute Gasteiger partial charge is 0.477 e. The summed E-state index contributed by atoms with van der Waals surface area (Å²) in [6.45, 7) is 3.24. The van der Waals surface area contributed by atoms with Crippen molar-refractivity contribution in [2.24, 2.45) is 5.92 Å². The van der Waals surface area contributed by atoms with Crippen LogP contribution in [0.1, 0.15) is 24.1 Å². The van der Waals surface area contributed by atoms with Gasteiger partial charge in [0.05, 0.1) is 12.3 Å². The number of hydrogen-bond donors (Lipinski definition) is 1. The maximum atomic E-state index is 5.71. The fourth-order valence-electron chi connectivity index (χ4n) is 2.37. The second kappa shape index (κ2) is 5.83. The summed E-state index contributed by atoms with van der Waals surface area (Å²) in [5, 5.41) is 8.04. The monoisotopic (exact) mass is 311 g/mol. The van der Waals surface area contributed by atoms with E-state index >= 15 is 0 Å². The molecule has 1 aliphatic rings. The Morgan fingerprint density at radius 1 is 1.30 bits per heavy atom. The van der Waals surface area contributed by atoms with Gasteiger partial charge >= 0.3 is 0 Å². The number of fused-ring (bicyclic) bond motifs is 1. The SMILES string of the molecule is Cc1noc2ncnc(NCc3ccnc(OCC4CC4)c3)c12. The molecule has 0 unspecified atom stereocenters. The molecule has 118 valence electrons. The van der Waals surface area contributed by atoms with Gasteiger partial charge in [0.2, 0.25) is 5.88 Å². The molecule has 4 rings (SSSR count). The normalized spacial score (nSPS) is 14.1. The van der Waals surface area contributed by atoms with E-state index in [1.165, 1.54) is 19.2 Å². The Morgan fingerprint density at radius 3 is 3.09 bits per heavy atom. The topological polar surface area (TPSA) is 86.0 Å². The summed E-state index contributed by atoms with van der Waals surface area (Å²) in [4.78, 5) is 12.6. The molecular weight excluding hydrogens is 294 g/mol. The average Bonchev–Trinajstić information content (AvgIpc) is 3.34. The van der Waals surface area contributed by atoms with Crippen LogP contribution in [0.2, 0.25) is 0 Å². The van der Waals surface area contributed by atoms with Gasteiger partial charge in [-0.15, -0.1) is 0 Å². The predicted octanol–water partition coefficient (Wildman–Crippen LogP) is 2.72. The van der Waals surface area contributed by atoms with Crippen molar-refractivity contribution in [3.8, 4) is 5.88 Å². The minimum absolute atomic E-state index is 0.489. The number of hydrogen-bond acceptors (Lipinski definition) is 7. The Kier molecular flexibility index (Phi) is 3.53. The van der Waals surface area contributed by atoms with Crippen molar-refractivity contribution in [3.05, 3.63) is 35.9 Å². The Balaban J connectivity index is 1.47. The first-order chi connectivity index (χ1) is 11.3. The third kappa shape index (κ3) is 3.08. The Bertz CT molecular complexity index is 828. The number of anilines is 1. The van der Waals surface area contributed by atoms with E-state index in [9.17, 15) is 0 Å². The molecule has 1 saturated carbocycles. The van der Waals surface area contributed by atoms with Crippen molar-refractivity contribution < 1.29 is 9.26 Å². The van der Waals surface area contributed by atoms with Gasteiger partial charge < -0.3 is 14.6 Å². The molecule has 0 amide bonds. The Morgan fingerprint density at radius 2 is 2.22 bits per heavy atom. The molecule has 3 heterocycles. The number of nitrogens with zero attached hydrogens (tertiary/aromatic N) is 4. The first-order valence-electron chi connectivity index (χ1n) is 7.68. The van der Waals surface area contributed by atoms with E-state index in [1.54, 1.807) is 6.20 Å². The summed E-state index contributed by atoms with van der Waals surface area (Å²) in [6.07, 6.45) is 5.76. The molecule has 0 spiro atoms. The first-order valence-corrected chi connectivity index (χ1v) is 7.68. The second-order valence-corrected chi connectivity index (χ2v) is 5.78. The summed E-state index contributed by atoms with van der Waals surface area (Å²) in [6, 6.07) is 3.91. The van der Waals surface area contributed by atoms with Crippen molar-refractivity contribution in [3.63, 3.8) is 0 Å². The standard InChI is InChI=1S/C16H17N5O2/c1-10-14-15(19-9-20-16(14)23-21-10)18-7-12-4-5-17-13(6-12)22-8-11-2-3-11/h4-6,9,11H,2-3,7-8H2,1H3,(H,18,19,20). The van der Waals surface area contributed by atoms with Crippen LogP contribution in [0.3, 0.4) is 0 Å². The minimum atomic E-state index is 0.489. The van der Waals surface area contributed by atoms with Gasteiger partial charge in [-0.2, -0.15) is 4.98 Å². The van der Waals surface area contributed by atoms with E-state index in [0.29, 0.717) is 29.9 Å². The third-order valence-electron chi connectivity index (χ3n) is 3.87. The lowest BCUT2D eigenvalue weighted by molar-refractivity contribution is 0.288. The number of nitrogens with one attached hydrogen (secondary N) is 1. The molecule has 7 heteroatoms. The van der Waals surface area contributed by atoms with Crippen LogP contribution >= 0.6 is 0 Å². The second-order valence-electron chi connectivity index (χ2n) is 5.78. The van der Waals surface area contributed by atoms with Gasteiger partial charge in [-0.25, -0.2) is 9.97 Å². The summed E-state index contributed by atoms with van der Waals surface area (Å²) in [7, 11) is 0. The molecule has 0 aliphatic heterocycles. The zero-order valence-corrected chi connectivity index (χ0v) is 12.8. The molecular formula is C16H17N5O2. The van der Waals surface area contributed by atoms with E-state index in [1.807, 2.05) is 19.1 Å². The lowest BCUT2D eigenvalue weighted by Gasteiger charge is -2.08. The van der Waals surface area contributed by atoms with Gasteiger partial charge in [0.25, 0.3) is 5.71 Å². The van der Waals surface area contributed by atoms with Crippen LogP contribution in [0.5, 0.6) is 5.88 Å². The van der Waals surface area contributed by atoms with Crippen LogP contribution in [0.15, 0.2) is 29.2 Å².